The zero-order valence-corrected chi connectivity index (χ0v) is 11.5. The first-order valence-electron chi connectivity index (χ1n) is 6.32. The van der Waals surface area contributed by atoms with Gasteiger partial charge in [0.25, 0.3) is 0 Å². The summed E-state index contributed by atoms with van der Waals surface area (Å²) in [5, 5.41) is 9.21. The Bertz CT molecular complexity index is 655. The Morgan fingerprint density at radius 2 is 1.71 bits per heavy atom. The van der Waals surface area contributed by atoms with Crippen molar-refractivity contribution in [3.63, 3.8) is 0 Å². The summed E-state index contributed by atoms with van der Waals surface area (Å²) in [7, 11) is 0. The van der Waals surface area contributed by atoms with E-state index < -0.39 is 17.7 Å². The first-order valence-corrected chi connectivity index (χ1v) is 6.32. The van der Waals surface area contributed by atoms with Gasteiger partial charge in [-0.05, 0) is 31.5 Å². The standard InChI is InChI=1S/C15H14F3NO2/c1-9(2)19-7-12(13(8-19)14(20)21)10-3-5-11(6-4-10)15(16,17)18/h3-9H,1-2H3,(H,20,21). The summed E-state index contributed by atoms with van der Waals surface area (Å²) < 4.78 is 39.3. The van der Waals surface area contributed by atoms with E-state index in [0.29, 0.717) is 11.1 Å². The lowest BCUT2D eigenvalue weighted by molar-refractivity contribution is -0.137. The largest absolute Gasteiger partial charge is 0.478 e. The molecular formula is C15H14F3NO2. The number of halogens is 3. The van der Waals surface area contributed by atoms with Gasteiger partial charge in [-0.15, -0.1) is 0 Å². The van der Waals surface area contributed by atoms with Crippen LogP contribution in [-0.4, -0.2) is 15.6 Å². The van der Waals surface area contributed by atoms with Crippen LogP contribution >= 0.6 is 0 Å². The Balaban J connectivity index is 2.48. The van der Waals surface area contributed by atoms with Gasteiger partial charge in [-0.1, -0.05) is 12.1 Å². The van der Waals surface area contributed by atoms with Crippen LogP contribution < -0.4 is 0 Å². The van der Waals surface area contributed by atoms with Gasteiger partial charge in [0.1, 0.15) is 0 Å². The summed E-state index contributed by atoms with van der Waals surface area (Å²) in [6.45, 7) is 3.78. The molecule has 0 atom stereocenters. The van der Waals surface area contributed by atoms with Crippen LogP contribution in [0.3, 0.4) is 0 Å². The number of carboxylic acids is 1. The van der Waals surface area contributed by atoms with Crippen LogP contribution in [0.15, 0.2) is 36.7 Å². The van der Waals surface area contributed by atoms with E-state index in [0.717, 1.165) is 12.1 Å². The van der Waals surface area contributed by atoms with E-state index in [1.807, 2.05) is 13.8 Å². The Kier molecular flexibility index (Phi) is 3.80. The molecule has 1 aromatic heterocycles. The highest BCUT2D eigenvalue weighted by Gasteiger charge is 2.30. The summed E-state index contributed by atoms with van der Waals surface area (Å²) in [5.74, 6) is -1.11. The molecule has 1 heterocycles. The van der Waals surface area contributed by atoms with Crippen LogP contribution in [0.1, 0.15) is 35.8 Å². The van der Waals surface area contributed by atoms with Crippen LogP contribution in [0.2, 0.25) is 0 Å². The molecule has 21 heavy (non-hydrogen) atoms. The van der Waals surface area contributed by atoms with Gasteiger partial charge in [-0.3, -0.25) is 0 Å². The minimum Gasteiger partial charge on any atom is -0.478 e. The van der Waals surface area contributed by atoms with Gasteiger partial charge < -0.3 is 9.67 Å². The third-order valence-corrected chi connectivity index (χ3v) is 3.20. The highest BCUT2D eigenvalue weighted by Crippen LogP contribution is 2.32. The average molecular weight is 297 g/mol. The van der Waals surface area contributed by atoms with Crippen molar-refractivity contribution in [3.8, 4) is 11.1 Å². The van der Waals surface area contributed by atoms with E-state index in [-0.39, 0.29) is 11.6 Å². The fourth-order valence-electron chi connectivity index (χ4n) is 2.01. The lowest BCUT2D eigenvalue weighted by Crippen LogP contribution is -2.04. The normalized spacial score (nSPS) is 11.9. The Morgan fingerprint density at radius 3 is 2.14 bits per heavy atom. The quantitative estimate of drug-likeness (QED) is 0.909. The maximum absolute atomic E-state index is 12.5. The molecule has 0 aliphatic heterocycles. The molecule has 0 spiro atoms. The summed E-state index contributed by atoms with van der Waals surface area (Å²) >= 11 is 0. The predicted molar refractivity (Wildman–Crippen MR) is 72.2 cm³/mol. The Hall–Kier alpha value is -2.24. The van der Waals surface area contributed by atoms with Crippen molar-refractivity contribution < 1.29 is 23.1 Å². The summed E-state index contributed by atoms with van der Waals surface area (Å²) in [5.41, 5.74) is 0.166. The predicted octanol–water partition coefficient (Wildman–Crippen LogP) is 4.45. The molecule has 6 heteroatoms. The van der Waals surface area contributed by atoms with Gasteiger partial charge in [-0.2, -0.15) is 13.2 Å². The molecular weight excluding hydrogens is 283 g/mol. The minimum atomic E-state index is -4.40. The van der Waals surface area contributed by atoms with Crippen molar-refractivity contribution in [1.29, 1.82) is 0 Å². The van der Waals surface area contributed by atoms with Crippen LogP contribution in [0, 0.1) is 0 Å². The van der Waals surface area contributed by atoms with Crippen molar-refractivity contribution in [1.82, 2.24) is 4.57 Å². The van der Waals surface area contributed by atoms with E-state index in [9.17, 15) is 23.1 Å². The number of hydrogen-bond donors (Lipinski definition) is 1. The van der Waals surface area contributed by atoms with Gasteiger partial charge in [0.05, 0.1) is 11.1 Å². The van der Waals surface area contributed by atoms with Crippen LogP contribution in [0.25, 0.3) is 11.1 Å². The second kappa shape index (κ2) is 5.27. The molecule has 0 aliphatic carbocycles. The number of aromatic nitrogens is 1. The van der Waals surface area contributed by atoms with Crippen molar-refractivity contribution in [2.45, 2.75) is 26.1 Å². The molecule has 0 radical (unpaired) electrons. The average Bonchev–Trinajstić information content (AvgIpc) is 2.83. The van der Waals surface area contributed by atoms with Gasteiger partial charge >= 0.3 is 12.1 Å². The topological polar surface area (TPSA) is 42.2 Å². The molecule has 0 saturated heterocycles. The van der Waals surface area contributed by atoms with Crippen molar-refractivity contribution >= 4 is 5.97 Å². The number of nitrogens with zero attached hydrogens (tertiary/aromatic N) is 1. The second-order valence-corrected chi connectivity index (χ2v) is 5.01. The van der Waals surface area contributed by atoms with Crippen LogP contribution in [0.4, 0.5) is 13.2 Å². The smallest absolute Gasteiger partial charge is 0.416 e. The summed E-state index contributed by atoms with van der Waals surface area (Å²) in [4.78, 5) is 11.3. The van der Waals surface area contributed by atoms with Gasteiger partial charge in [0.2, 0.25) is 0 Å². The molecule has 1 aromatic carbocycles. The number of aromatic carboxylic acids is 1. The van der Waals surface area contributed by atoms with Crippen molar-refractivity contribution in [2.75, 3.05) is 0 Å². The fraction of sp³-hybridized carbons (Fsp3) is 0.267. The maximum Gasteiger partial charge on any atom is 0.416 e. The molecule has 3 nitrogen and oxygen atoms in total. The molecule has 1 N–H and O–H groups in total. The molecule has 2 aromatic rings. The maximum atomic E-state index is 12.5. The Morgan fingerprint density at radius 1 is 1.14 bits per heavy atom. The molecule has 0 amide bonds. The SMILES string of the molecule is CC(C)n1cc(C(=O)O)c(-c2ccc(C(F)(F)F)cc2)c1. The lowest BCUT2D eigenvalue weighted by Gasteiger charge is -2.08. The molecule has 0 unspecified atom stereocenters. The fourth-order valence-corrected chi connectivity index (χ4v) is 2.01. The zero-order valence-electron chi connectivity index (χ0n) is 11.5. The first kappa shape index (κ1) is 15.2. The lowest BCUT2D eigenvalue weighted by atomic mass is 10.0. The summed E-state index contributed by atoms with van der Waals surface area (Å²) in [6.07, 6.45) is -1.28. The zero-order chi connectivity index (χ0) is 15.8. The third kappa shape index (κ3) is 3.09. The first-order chi connectivity index (χ1) is 9.70. The molecule has 0 aliphatic rings. The number of carbonyl (C=O) groups is 1. The summed E-state index contributed by atoms with van der Waals surface area (Å²) in [6, 6.07) is 4.54. The minimum absolute atomic E-state index is 0.0614. The number of rotatable bonds is 3. The molecule has 0 bridgehead atoms. The number of carboxylic acid groups (broad SMARTS) is 1. The van der Waals surface area contributed by atoms with Gasteiger partial charge in [0, 0.05) is 24.0 Å². The monoisotopic (exact) mass is 297 g/mol. The third-order valence-electron chi connectivity index (χ3n) is 3.20. The van der Waals surface area contributed by atoms with E-state index >= 15 is 0 Å². The molecule has 0 saturated carbocycles. The number of benzene rings is 1. The molecule has 0 fully saturated rings. The van der Waals surface area contributed by atoms with Crippen LogP contribution in [-0.2, 0) is 6.18 Å². The van der Waals surface area contributed by atoms with Crippen molar-refractivity contribution in [2.24, 2.45) is 0 Å². The Labute approximate surface area is 119 Å². The number of hydrogen-bond acceptors (Lipinski definition) is 1. The highest BCUT2D eigenvalue weighted by atomic mass is 19.4. The highest BCUT2D eigenvalue weighted by molar-refractivity contribution is 5.96. The molecule has 2 rings (SSSR count). The van der Waals surface area contributed by atoms with E-state index in [1.54, 1.807) is 10.8 Å². The van der Waals surface area contributed by atoms with Gasteiger partial charge in [-0.25, -0.2) is 4.79 Å². The number of alkyl halides is 3. The molecule has 112 valence electrons. The van der Waals surface area contributed by atoms with Gasteiger partial charge in [0.15, 0.2) is 0 Å². The van der Waals surface area contributed by atoms with Crippen molar-refractivity contribution in [3.05, 3.63) is 47.8 Å². The van der Waals surface area contributed by atoms with Crippen LogP contribution in [0.5, 0.6) is 0 Å². The van der Waals surface area contributed by atoms with E-state index in [4.69, 9.17) is 0 Å². The second-order valence-electron chi connectivity index (χ2n) is 5.01. The van der Waals surface area contributed by atoms with E-state index in [1.165, 1.54) is 18.3 Å². The van der Waals surface area contributed by atoms with E-state index in [2.05, 4.69) is 0 Å².